The third kappa shape index (κ3) is 11.7. The number of hydrogen-bond donors (Lipinski definition) is 0. The Morgan fingerprint density at radius 1 is 0.971 bits per heavy atom. The Kier molecular flexibility index (Phi) is 14.1. The van der Waals surface area contributed by atoms with Gasteiger partial charge in [0, 0.05) is 24.0 Å². The number of unbranched alkanes of at least 4 members (excludes halogenated alkanes) is 11. The molecular weight excluding hydrogens is 436 g/mol. The van der Waals surface area contributed by atoms with Gasteiger partial charge >= 0.3 is 5.97 Å². The number of carbonyl (C=O) groups excluding carboxylic acids is 2. The molecule has 0 saturated carbocycles. The lowest BCUT2D eigenvalue weighted by Gasteiger charge is -2.14. The van der Waals surface area contributed by atoms with Gasteiger partial charge in [-0.2, -0.15) is 0 Å². The quantitative estimate of drug-likeness (QED) is 0.0860. The summed E-state index contributed by atoms with van der Waals surface area (Å²) in [6, 6.07) is 5.49. The molecule has 1 heterocycles. The molecule has 0 aromatic heterocycles. The van der Waals surface area contributed by atoms with Gasteiger partial charge in [0.05, 0.1) is 0 Å². The molecule has 0 spiro atoms. The maximum absolute atomic E-state index is 12.1. The molecule has 4 nitrogen and oxygen atoms in total. The van der Waals surface area contributed by atoms with Crippen LogP contribution in [0.1, 0.15) is 120 Å². The average Bonchev–Trinajstić information content (AvgIpc) is 3.28. The molecule has 1 atom stereocenters. The average molecular weight is 483 g/mol. The summed E-state index contributed by atoms with van der Waals surface area (Å²) in [5.74, 6) is 0.651. The number of carbonyl (C=O) groups is 2. The Hall–Kier alpha value is -2.36. The zero-order valence-electron chi connectivity index (χ0n) is 22.1. The van der Waals surface area contributed by atoms with Crippen molar-refractivity contribution in [1.29, 1.82) is 0 Å². The molecule has 0 fully saturated rings. The lowest BCUT2D eigenvalue weighted by Crippen LogP contribution is -2.20. The molecule has 35 heavy (non-hydrogen) atoms. The lowest BCUT2D eigenvalue weighted by molar-refractivity contribution is -0.143. The molecule has 2 rings (SSSR count). The van der Waals surface area contributed by atoms with E-state index in [0.717, 1.165) is 29.7 Å². The summed E-state index contributed by atoms with van der Waals surface area (Å²) < 4.78 is 11.3. The second-order valence-corrected chi connectivity index (χ2v) is 9.84. The van der Waals surface area contributed by atoms with Gasteiger partial charge in [0.25, 0.3) is 0 Å². The van der Waals surface area contributed by atoms with Gasteiger partial charge in [-0.25, -0.2) is 0 Å². The first-order valence-corrected chi connectivity index (χ1v) is 13.8. The Morgan fingerprint density at radius 3 is 2.26 bits per heavy atom. The normalized spacial score (nSPS) is 14.6. The van der Waals surface area contributed by atoms with Gasteiger partial charge in [0.15, 0.2) is 5.78 Å². The minimum absolute atomic E-state index is 0.0413. The number of allylic oxidation sites excluding steroid dienone is 2. The largest absolute Gasteiger partial charge is 0.485 e. The Bertz CT molecular complexity index is 823. The van der Waals surface area contributed by atoms with E-state index in [1.54, 1.807) is 13.0 Å². The van der Waals surface area contributed by atoms with Crippen molar-refractivity contribution < 1.29 is 19.1 Å². The maximum atomic E-state index is 12.1. The first-order valence-electron chi connectivity index (χ1n) is 13.8. The summed E-state index contributed by atoms with van der Waals surface area (Å²) in [4.78, 5) is 23.7. The van der Waals surface area contributed by atoms with Crippen LogP contribution in [0.5, 0.6) is 5.75 Å². The Balaban J connectivity index is 1.44. The van der Waals surface area contributed by atoms with Crippen molar-refractivity contribution in [3.8, 4) is 5.75 Å². The van der Waals surface area contributed by atoms with E-state index < -0.39 is 0 Å². The number of ketones is 1. The number of benzene rings is 1. The van der Waals surface area contributed by atoms with Crippen LogP contribution in [-0.2, 0) is 16.0 Å². The van der Waals surface area contributed by atoms with Crippen molar-refractivity contribution in [3.63, 3.8) is 0 Å². The third-order valence-electron chi connectivity index (χ3n) is 6.66. The maximum Gasteiger partial charge on any atom is 0.306 e. The smallest absolute Gasteiger partial charge is 0.306 e. The first-order chi connectivity index (χ1) is 17.0. The third-order valence-corrected chi connectivity index (χ3v) is 6.66. The molecule has 0 radical (unpaired) electrons. The van der Waals surface area contributed by atoms with E-state index >= 15 is 0 Å². The van der Waals surface area contributed by atoms with Gasteiger partial charge in [-0.15, -0.1) is 0 Å². The SMILES string of the molecule is C=C(COC(=O)CCCCCCCC=CCCCCCCCC)[C@H]1Cc2cc(C(C)=O)ccc2O1. The molecule has 1 aromatic carbocycles. The van der Waals surface area contributed by atoms with E-state index in [1.807, 2.05) is 12.1 Å². The molecule has 0 saturated heterocycles. The van der Waals surface area contributed by atoms with E-state index in [2.05, 4.69) is 25.7 Å². The van der Waals surface area contributed by atoms with E-state index in [0.29, 0.717) is 18.4 Å². The molecule has 4 heteroatoms. The Labute approximate surface area is 213 Å². The molecule has 0 N–H and O–H groups in total. The molecular formula is C31H46O4. The van der Waals surface area contributed by atoms with E-state index in [4.69, 9.17) is 9.47 Å². The Morgan fingerprint density at radius 2 is 1.60 bits per heavy atom. The first kappa shape index (κ1) is 28.9. The lowest BCUT2D eigenvalue weighted by atomic mass is 10.0. The van der Waals surface area contributed by atoms with Gasteiger partial charge < -0.3 is 9.47 Å². The molecule has 1 aromatic rings. The zero-order valence-corrected chi connectivity index (χ0v) is 22.1. The number of Topliss-reactive ketones (excluding diaryl/α,β-unsaturated/α-hetero) is 1. The van der Waals surface area contributed by atoms with E-state index in [9.17, 15) is 9.59 Å². The molecule has 0 aliphatic carbocycles. The second-order valence-electron chi connectivity index (χ2n) is 9.84. The van der Waals surface area contributed by atoms with Gasteiger partial charge in [-0.3, -0.25) is 9.59 Å². The van der Waals surface area contributed by atoms with Gasteiger partial charge in [-0.05, 0) is 62.8 Å². The molecule has 0 unspecified atom stereocenters. The molecule has 0 bridgehead atoms. The zero-order chi connectivity index (χ0) is 25.3. The highest BCUT2D eigenvalue weighted by Gasteiger charge is 2.26. The van der Waals surface area contributed by atoms with Crippen LogP contribution >= 0.6 is 0 Å². The number of esters is 1. The van der Waals surface area contributed by atoms with Crippen molar-refractivity contribution in [2.75, 3.05) is 6.61 Å². The predicted octanol–water partition coefficient (Wildman–Crippen LogP) is 8.33. The van der Waals surface area contributed by atoms with E-state index in [-0.39, 0.29) is 24.5 Å². The molecule has 194 valence electrons. The highest BCUT2D eigenvalue weighted by Crippen LogP contribution is 2.32. The highest BCUT2D eigenvalue weighted by atomic mass is 16.5. The number of fused-ring (bicyclic) bond motifs is 1. The van der Waals surface area contributed by atoms with Crippen molar-refractivity contribution in [2.45, 2.75) is 116 Å². The molecule has 1 aliphatic rings. The van der Waals surface area contributed by atoms with Gasteiger partial charge in [0.2, 0.25) is 0 Å². The van der Waals surface area contributed by atoms with Crippen molar-refractivity contribution in [2.24, 2.45) is 0 Å². The van der Waals surface area contributed by atoms with Crippen LogP contribution in [0.3, 0.4) is 0 Å². The number of ether oxygens (including phenoxy) is 2. The van der Waals surface area contributed by atoms with Crippen LogP contribution in [-0.4, -0.2) is 24.5 Å². The number of rotatable bonds is 19. The fourth-order valence-electron chi connectivity index (χ4n) is 4.37. The minimum Gasteiger partial charge on any atom is -0.485 e. The monoisotopic (exact) mass is 482 g/mol. The van der Waals surface area contributed by atoms with Crippen molar-refractivity contribution in [3.05, 3.63) is 53.6 Å². The second kappa shape index (κ2) is 17.1. The minimum atomic E-state index is -0.208. The summed E-state index contributed by atoms with van der Waals surface area (Å²) in [6.07, 6.45) is 21.7. The van der Waals surface area contributed by atoms with Crippen LogP contribution in [0.15, 0.2) is 42.5 Å². The highest BCUT2D eigenvalue weighted by molar-refractivity contribution is 5.94. The van der Waals surface area contributed by atoms with Crippen LogP contribution in [0, 0.1) is 0 Å². The summed E-state index contributed by atoms with van der Waals surface area (Å²) in [5, 5.41) is 0. The number of hydrogen-bond acceptors (Lipinski definition) is 4. The molecule has 0 amide bonds. The fourth-order valence-corrected chi connectivity index (χ4v) is 4.37. The summed E-state index contributed by atoms with van der Waals surface area (Å²) in [5.41, 5.74) is 2.44. The fraction of sp³-hybridized carbons (Fsp3) is 0.613. The van der Waals surface area contributed by atoms with Crippen LogP contribution in [0.25, 0.3) is 0 Å². The van der Waals surface area contributed by atoms with Crippen LogP contribution < -0.4 is 4.74 Å². The van der Waals surface area contributed by atoms with E-state index in [1.165, 1.54) is 70.6 Å². The van der Waals surface area contributed by atoms with Crippen LogP contribution in [0.4, 0.5) is 0 Å². The van der Waals surface area contributed by atoms with Crippen molar-refractivity contribution in [1.82, 2.24) is 0 Å². The van der Waals surface area contributed by atoms with Crippen LogP contribution in [0.2, 0.25) is 0 Å². The van der Waals surface area contributed by atoms with Gasteiger partial charge in [-0.1, -0.05) is 77.0 Å². The van der Waals surface area contributed by atoms with Crippen molar-refractivity contribution >= 4 is 11.8 Å². The van der Waals surface area contributed by atoms with Gasteiger partial charge in [0.1, 0.15) is 18.5 Å². The standard InChI is InChI=1S/C31H46O4/c1-4-5-6-7-8-9-10-11-12-13-14-15-16-17-18-19-31(33)34-24-25(2)30-23-28-22-27(26(3)32)20-21-29(28)35-30/h11-12,20-22,30H,2,4-10,13-19,23-24H2,1,3H3/t30-/m1/s1. The summed E-state index contributed by atoms with van der Waals surface area (Å²) in [6.45, 7) is 8.05. The topological polar surface area (TPSA) is 52.6 Å². The predicted molar refractivity (Wildman–Crippen MR) is 144 cm³/mol. The molecule has 1 aliphatic heterocycles. The summed E-state index contributed by atoms with van der Waals surface area (Å²) >= 11 is 0. The summed E-state index contributed by atoms with van der Waals surface area (Å²) in [7, 11) is 0.